The first-order chi connectivity index (χ1) is 11.0. The van der Waals surface area contributed by atoms with Crippen molar-refractivity contribution in [1.29, 1.82) is 0 Å². The highest BCUT2D eigenvalue weighted by atomic mass is 32.2. The number of pyridine rings is 1. The maximum absolute atomic E-state index is 12.7. The van der Waals surface area contributed by atoms with Crippen LogP contribution in [0.2, 0.25) is 0 Å². The molecule has 2 aromatic heterocycles. The van der Waals surface area contributed by atoms with Crippen LogP contribution >= 0.6 is 11.5 Å². The first kappa shape index (κ1) is 18.8. The Labute approximate surface area is 144 Å². The van der Waals surface area contributed by atoms with Gasteiger partial charge in [0.1, 0.15) is 27.5 Å². The van der Waals surface area contributed by atoms with Gasteiger partial charge in [0.2, 0.25) is 0 Å². The molecule has 0 aliphatic carbocycles. The van der Waals surface area contributed by atoms with Gasteiger partial charge in [0.15, 0.2) is 10.8 Å². The number of rotatable bonds is 3. The highest BCUT2D eigenvalue weighted by Gasteiger charge is 2.33. The van der Waals surface area contributed by atoms with Crippen molar-refractivity contribution in [1.82, 2.24) is 14.3 Å². The molecule has 0 aromatic carbocycles. The molecule has 0 radical (unpaired) electrons. The van der Waals surface area contributed by atoms with Crippen molar-refractivity contribution in [2.75, 3.05) is 0 Å². The van der Waals surface area contributed by atoms with E-state index in [-0.39, 0.29) is 11.4 Å². The molecule has 2 heterocycles. The molecule has 2 aromatic rings. The molecule has 0 bridgehead atoms. The summed E-state index contributed by atoms with van der Waals surface area (Å²) in [6.07, 6.45) is -3.47. The average Bonchev–Trinajstić information content (AvgIpc) is 2.95. The highest BCUT2D eigenvalue weighted by molar-refractivity contribution is 7.91. The minimum atomic E-state index is -4.53. The molecule has 24 heavy (non-hydrogen) atoms. The summed E-state index contributed by atoms with van der Waals surface area (Å²) in [5.74, 6) is 0.152. The number of nitrogens with zero attached hydrogens (tertiary/aromatic N) is 4. The van der Waals surface area contributed by atoms with Gasteiger partial charge in [0.05, 0.1) is 0 Å². The summed E-state index contributed by atoms with van der Waals surface area (Å²) in [6, 6.07) is 2.30. The third-order valence-electron chi connectivity index (χ3n) is 2.79. The number of hydrogen-bond acceptors (Lipinski definition) is 6. The van der Waals surface area contributed by atoms with Crippen molar-refractivity contribution in [3.8, 4) is 11.4 Å². The first-order valence-electron chi connectivity index (χ1n) is 6.83. The summed E-state index contributed by atoms with van der Waals surface area (Å²) in [7, 11) is 0. The lowest BCUT2D eigenvalue weighted by atomic mass is 10.2. The molecular weight excluding hydrogens is 361 g/mol. The van der Waals surface area contributed by atoms with Crippen LogP contribution < -0.4 is 0 Å². The lowest BCUT2D eigenvalue weighted by molar-refractivity contribution is -0.141. The molecule has 10 heteroatoms. The van der Waals surface area contributed by atoms with E-state index in [1.54, 1.807) is 27.7 Å². The number of hydrogen-bond donors (Lipinski definition) is 0. The Bertz CT molecular complexity index is 753. The van der Waals surface area contributed by atoms with E-state index in [1.807, 2.05) is 0 Å². The molecule has 1 unspecified atom stereocenters. The van der Waals surface area contributed by atoms with E-state index in [9.17, 15) is 17.7 Å². The summed E-state index contributed by atoms with van der Waals surface area (Å²) < 4.78 is 57.8. The molecule has 0 amide bonds. The van der Waals surface area contributed by atoms with E-state index in [0.717, 1.165) is 23.8 Å². The summed E-state index contributed by atoms with van der Waals surface area (Å²) in [5.41, 5.74) is -0.364. The molecule has 0 spiro atoms. The van der Waals surface area contributed by atoms with E-state index in [1.165, 1.54) is 6.07 Å². The van der Waals surface area contributed by atoms with Crippen LogP contribution in [0.4, 0.5) is 13.2 Å². The van der Waals surface area contributed by atoms with Gasteiger partial charge >= 0.3 is 6.18 Å². The summed E-state index contributed by atoms with van der Waals surface area (Å²) in [4.78, 5) is 7.49. The SMILES string of the molecule is C/C(=N\[S+]([O-])C(C)(C)C)c1nc(-c2ccnc(C(F)(F)F)c2)ns1. The second-order valence-electron chi connectivity index (χ2n) is 5.89. The van der Waals surface area contributed by atoms with Crippen LogP contribution in [0, 0.1) is 0 Å². The van der Waals surface area contributed by atoms with Gasteiger partial charge in [-0.15, -0.1) is 0 Å². The van der Waals surface area contributed by atoms with Crippen molar-refractivity contribution in [2.45, 2.75) is 38.6 Å². The zero-order valence-corrected chi connectivity index (χ0v) is 15.0. The molecule has 1 atom stereocenters. The minimum absolute atomic E-state index is 0.152. The third kappa shape index (κ3) is 4.52. The number of alkyl halides is 3. The van der Waals surface area contributed by atoms with Crippen LogP contribution in [0.1, 0.15) is 38.4 Å². The summed E-state index contributed by atoms with van der Waals surface area (Å²) in [6.45, 7) is 7.02. The van der Waals surface area contributed by atoms with Crippen LogP contribution in [-0.4, -0.2) is 29.4 Å². The van der Waals surface area contributed by atoms with Crippen LogP contribution in [0.25, 0.3) is 11.4 Å². The fourth-order valence-electron chi connectivity index (χ4n) is 1.51. The highest BCUT2D eigenvalue weighted by Crippen LogP contribution is 2.30. The molecule has 0 N–H and O–H groups in total. The van der Waals surface area contributed by atoms with Crippen LogP contribution in [0.5, 0.6) is 0 Å². The molecule has 2 rings (SSSR count). The quantitative estimate of drug-likeness (QED) is 0.602. The van der Waals surface area contributed by atoms with Crippen LogP contribution in [0.3, 0.4) is 0 Å². The molecule has 130 valence electrons. The molecule has 0 aliphatic rings. The van der Waals surface area contributed by atoms with Crippen molar-refractivity contribution in [2.24, 2.45) is 4.40 Å². The maximum atomic E-state index is 12.7. The normalized spacial score (nSPS) is 14.8. The zero-order valence-electron chi connectivity index (χ0n) is 13.4. The number of aromatic nitrogens is 3. The van der Waals surface area contributed by atoms with Gasteiger partial charge in [0, 0.05) is 11.8 Å². The number of halogens is 3. The van der Waals surface area contributed by atoms with Gasteiger partial charge < -0.3 is 4.55 Å². The molecule has 0 saturated heterocycles. The maximum Gasteiger partial charge on any atom is 0.433 e. The lowest BCUT2D eigenvalue weighted by Crippen LogP contribution is -2.26. The Morgan fingerprint density at radius 3 is 2.54 bits per heavy atom. The Balaban J connectivity index is 2.30. The van der Waals surface area contributed by atoms with Crippen molar-refractivity contribution >= 4 is 28.6 Å². The molecular formula is C14H15F3N4OS2. The van der Waals surface area contributed by atoms with Gasteiger partial charge in [-0.3, -0.25) is 4.98 Å². The van der Waals surface area contributed by atoms with E-state index in [0.29, 0.717) is 10.7 Å². The van der Waals surface area contributed by atoms with E-state index in [4.69, 9.17) is 0 Å². The molecule has 5 nitrogen and oxygen atoms in total. The third-order valence-corrected chi connectivity index (χ3v) is 5.10. The fourth-order valence-corrected chi connectivity index (χ4v) is 2.80. The second kappa shape index (κ2) is 6.77. The monoisotopic (exact) mass is 376 g/mol. The predicted octanol–water partition coefficient (Wildman–Crippen LogP) is 3.89. The van der Waals surface area contributed by atoms with Crippen molar-refractivity contribution in [3.05, 3.63) is 29.0 Å². The molecule has 0 saturated carbocycles. The Morgan fingerprint density at radius 2 is 1.96 bits per heavy atom. The Morgan fingerprint density at radius 1 is 1.29 bits per heavy atom. The van der Waals surface area contributed by atoms with Crippen molar-refractivity contribution in [3.63, 3.8) is 0 Å². The van der Waals surface area contributed by atoms with Gasteiger partial charge in [-0.25, -0.2) is 4.98 Å². The fraction of sp³-hybridized carbons (Fsp3) is 0.429. The van der Waals surface area contributed by atoms with Crippen LogP contribution in [0.15, 0.2) is 22.7 Å². The first-order valence-corrected chi connectivity index (χ1v) is 8.71. The Hall–Kier alpha value is -1.52. The smallest absolute Gasteiger partial charge is 0.433 e. The van der Waals surface area contributed by atoms with Gasteiger partial charge in [-0.05, 0) is 51.4 Å². The topological polar surface area (TPSA) is 74.1 Å². The van der Waals surface area contributed by atoms with E-state index >= 15 is 0 Å². The average molecular weight is 376 g/mol. The molecule has 0 aliphatic heterocycles. The van der Waals surface area contributed by atoms with Crippen LogP contribution in [-0.2, 0) is 17.5 Å². The summed E-state index contributed by atoms with van der Waals surface area (Å²) >= 11 is -0.460. The van der Waals surface area contributed by atoms with E-state index in [2.05, 4.69) is 18.7 Å². The largest absolute Gasteiger partial charge is 0.591 e. The Kier molecular flexibility index (Phi) is 5.31. The minimum Gasteiger partial charge on any atom is -0.591 e. The van der Waals surface area contributed by atoms with Gasteiger partial charge in [-0.2, -0.15) is 17.5 Å². The summed E-state index contributed by atoms with van der Waals surface area (Å²) in [5, 5.41) is 0.410. The zero-order chi connectivity index (χ0) is 18.1. The van der Waals surface area contributed by atoms with Gasteiger partial charge in [-0.1, -0.05) is 4.40 Å². The van der Waals surface area contributed by atoms with Crippen molar-refractivity contribution < 1.29 is 17.7 Å². The second-order valence-corrected chi connectivity index (χ2v) is 8.55. The van der Waals surface area contributed by atoms with Gasteiger partial charge in [0.25, 0.3) is 0 Å². The molecule has 0 fully saturated rings. The standard InChI is InChI=1S/C14H15F3N4OS2/c1-8(21-24(22)13(2,3)4)12-19-11(20-23-12)9-5-6-18-10(7-9)14(15,16)17/h5-7H,1-4H3/b21-8+. The van der Waals surface area contributed by atoms with E-state index < -0.39 is 28.0 Å². The predicted molar refractivity (Wildman–Crippen MR) is 88.2 cm³/mol. The lowest BCUT2D eigenvalue weighted by Gasteiger charge is -2.18.